The van der Waals surface area contributed by atoms with Gasteiger partial charge in [0.05, 0.1) is 0 Å². The molecule has 1 unspecified atom stereocenters. The van der Waals surface area contributed by atoms with Crippen LogP contribution in [0.2, 0.25) is 0 Å². The standard InChI is InChI=1S/C15H22N4O/c1-4-7-19-15(17-10-18-19)9-20-14-6-5-13(12(3)16)8-11(14)2/h5-6,8,10,12H,4,7,9,16H2,1-3H3. The molecule has 0 saturated carbocycles. The van der Waals surface area contributed by atoms with Gasteiger partial charge in [-0.3, -0.25) is 0 Å². The molecule has 0 amide bonds. The van der Waals surface area contributed by atoms with Crippen LogP contribution in [0, 0.1) is 6.92 Å². The second-order valence-corrected chi connectivity index (χ2v) is 5.00. The Morgan fingerprint density at radius 1 is 1.40 bits per heavy atom. The summed E-state index contributed by atoms with van der Waals surface area (Å²) in [4.78, 5) is 4.23. The van der Waals surface area contributed by atoms with Crippen molar-refractivity contribution in [2.45, 2.75) is 46.4 Å². The van der Waals surface area contributed by atoms with Gasteiger partial charge in [-0.2, -0.15) is 5.10 Å². The van der Waals surface area contributed by atoms with Crippen LogP contribution in [0.5, 0.6) is 5.75 Å². The van der Waals surface area contributed by atoms with Gasteiger partial charge in [0.15, 0.2) is 5.82 Å². The molecule has 0 saturated heterocycles. The van der Waals surface area contributed by atoms with Gasteiger partial charge in [-0.15, -0.1) is 0 Å². The molecule has 1 heterocycles. The Morgan fingerprint density at radius 3 is 2.85 bits per heavy atom. The number of hydrogen-bond acceptors (Lipinski definition) is 4. The fourth-order valence-corrected chi connectivity index (χ4v) is 2.06. The van der Waals surface area contributed by atoms with Gasteiger partial charge in [0.2, 0.25) is 0 Å². The Morgan fingerprint density at radius 2 is 2.20 bits per heavy atom. The number of rotatable bonds is 6. The van der Waals surface area contributed by atoms with Crippen molar-refractivity contribution in [2.24, 2.45) is 5.73 Å². The maximum atomic E-state index is 5.87. The number of benzene rings is 1. The molecular weight excluding hydrogens is 252 g/mol. The Hall–Kier alpha value is -1.88. The van der Waals surface area contributed by atoms with E-state index in [4.69, 9.17) is 10.5 Å². The molecule has 5 heteroatoms. The molecule has 2 rings (SSSR count). The zero-order chi connectivity index (χ0) is 14.5. The van der Waals surface area contributed by atoms with E-state index in [1.54, 1.807) is 6.33 Å². The minimum Gasteiger partial charge on any atom is -0.485 e. The van der Waals surface area contributed by atoms with Crippen LogP contribution in [-0.2, 0) is 13.2 Å². The summed E-state index contributed by atoms with van der Waals surface area (Å²) in [5.41, 5.74) is 8.07. The summed E-state index contributed by atoms with van der Waals surface area (Å²) in [7, 11) is 0. The first-order valence-corrected chi connectivity index (χ1v) is 6.97. The van der Waals surface area contributed by atoms with Crippen LogP contribution in [0.15, 0.2) is 24.5 Å². The molecule has 2 N–H and O–H groups in total. The average Bonchev–Trinajstić information content (AvgIpc) is 2.85. The van der Waals surface area contributed by atoms with E-state index in [1.807, 2.05) is 30.7 Å². The molecule has 108 valence electrons. The molecule has 0 aliphatic heterocycles. The number of aromatic nitrogens is 3. The highest BCUT2D eigenvalue weighted by Crippen LogP contribution is 2.22. The monoisotopic (exact) mass is 274 g/mol. The molecule has 1 atom stereocenters. The highest BCUT2D eigenvalue weighted by atomic mass is 16.5. The van der Waals surface area contributed by atoms with Gasteiger partial charge < -0.3 is 10.5 Å². The first-order chi connectivity index (χ1) is 9.61. The molecule has 0 aliphatic carbocycles. The summed E-state index contributed by atoms with van der Waals surface area (Å²) in [6.07, 6.45) is 2.60. The molecular formula is C15H22N4O. The lowest BCUT2D eigenvalue weighted by Gasteiger charge is -2.12. The van der Waals surface area contributed by atoms with Crippen molar-refractivity contribution in [1.82, 2.24) is 14.8 Å². The van der Waals surface area contributed by atoms with Crippen LogP contribution in [0.4, 0.5) is 0 Å². The normalized spacial score (nSPS) is 12.4. The highest BCUT2D eigenvalue weighted by molar-refractivity contribution is 5.37. The Bertz CT molecular complexity index is 563. The lowest BCUT2D eigenvalue weighted by atomic mass is 10.1. The van der Waals surface area contributed by atoms with Crippen LogP contribution in [-0.4, -0.2) is 14.8 Å². The predicted molar refractivity (Wildman–Crippen MR) is 78.4 cm³/mol. The molecule has 0 bridgehead atoms. The van der Waals surface area contributed by atoms with E-state index in [-0.39, 0.29) is 6.04 Å². The van der Waals surface area contributed by atoms with Crippen LogP contribution in [0.3, 0.4) is 0 Å². The first kappa shape index (κ1) is 14.5. The molecule has 20 heavy (non-hydrogen) atoms. The Kier molecular flexibility index (Phi) is 4.74. The zero-order valence-electron chi connectivity index (χ0n) is 12.3. The second-order valence-electron chi connectivity index (χ2n) is 5.00. The number of hydrogen-bond donors (Lipinski definition) is 1. The van der Waals surface area contributed by atoms with E-state index in [0.29, 0.717) is 6.61 Å². The van der Waals surface area contributed by atoms with Gasteiger partial charge in [-0.05, 0) is 37.5 Å². The lowest BCUT2D eigenvalue weighted by Crippen LogP contribution is -2.09. The SMILES string of the molecule is CCCn1ncnc1COc1ccc(C(C)N)cc1C. The topological polar surface area (TPSA) is 66.0 Å². The Balaban J connectivity index is 2.05. The van der Waals surface area contributed by atoms with Crippen LogP contribution < -0.4 is 10.5 Å². The van der Waals surface area contributed by atoms with Crippen molar-refractivity contribution >= 4 is 0 Å². The molecule has 0 fully saturated rings. The van der Waals surface area contributed by atoms with E-state index in [2.05, 4.69) is 23.1 Å². The third-order valence-electron chi connectivity index (χ3n) is 3.21. The van der Waals surface area contributed by atoms with Crippen molar-refractivity contribution in [3.05, 3.63) is 41.5 Å². The lowest BCUT2D eigenvalue weighted by molar-refractivity contribution is 0.284. The number of nitrogens with two attached hydrogens (primary N) is 1. The van der Waals surface area contributed by atoms with E-state index in [1.165, 1.54) is 0 Å². The van der Waals surface area contributed by atoms with Crippen molar-refractivity contribution in [3.63, 3.8) is 0 Å². The summed E-state index contributed by atoms with van der Waals surface area (Å²) in [6.45, 7) is 7.41. The molecule has 2 aromatic rings. The smallest absolute Gasteiger partial charge is 0.164 e. The zero-order valence-corrected chi connectivity index (χ0v) is 12.3. The maximum Gasteiger partial charge on any atom is 0.164 e. The summed E-state index contributed by atoms with van der Waals surface area (Å²) < 4.78 is 7.72. The fraction of sp³-hybridized carbons (Fsp3) is 0.467. The van der Waals surface area contributed by atoms with E-state index in [0.717, 1.165) is 35.7 Å². The number of ether oxygens (including phenoxy) is 1. The third-order valence-corrected chi connectivity index (χ3v) is 3.21. The molecule has 0 aliphatic rings. The highest BCUT2D eigenvalue weighted by Gasteiger charge is 2.07. The molecule has 5 nitrogen and oxygen atoms in total. The van der Waals surface area contributed by atoms with Gasteiger partial charge in [0, 0.05) is 12.6 Å². The van der Waals surface area contributed by atoms with Crippen LogP contribution >= 0.6 is 0 Å². The van der Waals surface area contributed by atoms with E-state index in [9.17, 15) is 0 Å². The predicted octanol–water partition coefficient (Wildman–Crippen LogP) is 2.60. The fourth-order valence-electron chi connectivity index (χ4n) is 2.06. The summed E-state index contributed by atoms with van der Waals surface area (Å²) in [5.74, 6) is 1.71. The van der Waals surface area contributed by atoms with E-state index < -0.39 is 0 Å². The third kappa shape index (κ3) is 3.36. The quantitative estimate of drug-likeness (QED) is 0.879. The van der Waals surface area contributed by atoms with Crippen molar-refractivity contribution in [1.29, 1.82) is 0 Å². The Labute approximate surface area is 119 Å². The van der Waals surface area contributed by atoms with Crippen molar-refractivity contribution in [2.75, 3.05) is 0 Å². The van der Waals surface area contributed by atoms with Gasteiger partial charge in [-0.25, -0.2) is 9.67 Å². The molecule has 1 aromatic heterocycles. The maximum absolute atomic E-state index is 5.87. The number of nitrogens with zero attached hydrogens (tertiary/aromatic N) is 3. The molecule has 0 spiro atoms. The van der Waals surface area contributed by atoms with Gasteiger partial charge in [0.1, 0.15) is 18.7 Å². The van der Waals surface area contributed by atoms with Crippen LogP contribution in [0.1, 0.15) is 43.3 Å². The number of aryl methyl sites for hydroxylation is 2. The van der Waals surface area contributed by atoms with Gasteiger partial charge >= 0.3 is 0 Å². The molecule has 0 radical (unpaired) electrons. The van der Waals surface area contributed by atoms with Gasteiger partial charge in [-0.1, -0.05) is 19.1 Å². The second kappa shape index (κ2) is 6.52. The average molecular weight is 274 g/mol. The summed E-state index contributed by atoms with van der Waals surface area (Å²) in [6, 6.07) is 6.07. The molecule has 1 aromatic carbocycles. The van der Waals surface area contributed by atoms with E-state index >= 15 is 0 Å². The van der Waals surface area contributed by atoms with Crippen molar-refractivity contribution < 1.29 is 4.74 Å². The largest absolute Gasteiger partial charge is 0.485 e. The summed E-state index contributed by atoms with van der Waals surface area (Å²) >= 11 is 0. The van der Waals surface area contributed by atoms with Gasteiger partial charge in [0.25, 0.3) is 0 Å². The van der Waals surface area contributed by atoms with Crippen molar-refractivity contribution in [3.8, 4) is 5.75 Å². The first-order valence-electron chi connectivity index (χ1n) is 6.97. The van der Waals surface area contributed by atoms with Crippen LogP contribution in [0.25, 0.3) is 0 Å². The minimum absolute atomic E-state index is 0.0374. The summed E-state index contributed by atoms with van der Waals surface area (Å²) in [5, 5.41) is 4.19. The minimum atomic E-state index is 0.0374.